The zero-order chi connectivity index (χ0) is 23.5. The first-order valence-corrected chi connectivity index (χ1v) is 11.4. The van der Waals surface area contributed by atoms with Gasteiger partial charge in [-0.15, -0.1) is 0 Å². The van der Waals surface area contributed by atoms with E-state index in [1.165, 1.54) is 0 Å². The Morgan fingerprint density at radius 3 is 2.12 bits per heavy atom. The van der Waals surface area contributed by atoms with Crippen LogP contribution in [0.3, 0.4) is 0 Å². The Balaban J connectivity index is 1.37. The molecule has 0 atom stereocenters. The summed E-state index contributed by atoms with van der Waals surface area (Å²) in [5.74, 6) is 0.476. The van der Waals surface area contributed by atoms with Gasteiger partial charge in [0.25, 0.3) is 11.8 Å². The van der Waals surface area contributed by atoms with Crippen molar-refractivity contribution >= 4 is 17.7 Å². The molecule has 8 heteroatoms. The van der Waals surface area contributed by atoms with Gasteiger partial charge in [-0.1, -0.05) is 31.4 Å². The molecule has 1 saturated carbocycles. The highest BCUT2D eigenvalue weighted by atomic mass is 16.5. The highest BCUT2D eigenvalue weighted by molar-refractivity contribution is 5.95. The van der Waals surface area contributed by atoms with Crippen molar-refractivity contribution in [3.8, 4) is 11.5 Å². The van der Waals surface area contributed by atoms with Crippen molar-refractivity contribution < 1.29 is 23.9 Å². The third-order valence-electron chi connectivity index (χ3n) is 5.47. The van der Waals surface area contributed by atoms with E-state index in [0.717, 1.165) is 49.2 Å². The van der Waals surface area contributed by atoms with Crippen LogP contribution in [-0.4, -0.2) is 30.9 Å². The number of benzene rings is 2. The molecule has 1 aliphatic rings. The zero-order valence-electron chi connectivity index (χ0n) is 18.9. The lowest BCUT2D eigenvalue weighted by atomic mass is 9.89. The number of nitrogens with one attached hydrogen (secondary N) is 3. The molecule has 2 aromatic carbocycles. The topological polar surface area (TPSA) is 106 Å². The van der Waals surface area contributed by atoms with Gasteiger partial charge in [0.1, 0.15) is 18.1 Å². The number of carbonyl (C=O) groups is 3. The number of rotatable bonds is 9. The van der Waals surface area contributed by atoms with Crippen LogP contribution < -0.4 is 25.6 Å². The number of carbonyl (C=O) groups excluding carboxylic acids is 3. The van der Waals surface area contributed by atoms with E-state index in [1.54, 1.807) is 24.3 Å². The summed E-state index contributed by atoms with van der Waals surface area (Å²) in [5.41, 5.74) is 5.98. The van der Waals surface area contributed by atoms with Crippen LogP contribution in [0.15, 0.2) is 48.5 Å². The van der Waals surface area contributed by atoms with Gasteiger partial charge in [0.05, 0.1) is 13.2 Å². The van der Waals surface area contributed by atoms with Crippen LogP contribution in [0.2, 0.25) is 0 Å². The quantitative estimate of drug-likeness (QED) is 0.506. The molecule has 1 aliphatic carbocycles. The highest BCUT2D eigenvalue weighted by Crippen LogP contribution is 2.23. The number of hydrogen-bond acceptors (Lipinski definition) is 5. The highest BCUT2D eigenvalue weighted by Gasteiger charge is 2.21. The van der Waals surface area contributed by atoms with Gasteiger partial charge >= 0.3 is 0 Å². The fourth-order valence-electron chi connectivity index (χ4n) is 3.64. The van der Waals surface area contributed by atoms with E-state index >= 15 is 0 Å². The van der Waals surface area contributed by atoms with Crippen LogP contribution in [0.25, 0.3) is 0 Å². The SMILES string of the molecule is CCOc1ccc(OCc2ccc(C(=O)NNC(=O)CNC(=O)C3CCCCC3)cc2)cc1. The van der Waals surface area contributed by atoms with Gasteiger partial charge in [0, 0.05) is 11.5 Å². The normalized spacial score (nSPS) is 13.6. The molecule has 3 N–H and O–H groups in total. The summed E-state index contributed by atoms with van der Waals surface area (Å²) in [6.45, 7) is 2.73. The minimum Gasteiger partial charge on any atom is -0.494 e. The smallest absolute Gasteiger partial charge is 0.269 e. The Labute approximate surface area is 194 Å². The largest absolute Gasteiger partial charge is 0.494 e. The summed E-state index contributed by atoms with van der Waals surface area (Å²) in [6, 6.07) is 14.3. The molecule has 1 fully saturated rings. The summed E-state index contributed by atoms with van der Waals surface area (Å²) >= 11 is 0. The number of hydrogen-bond donors (Lipinski definition) is 3. The second-order valence-electron chi connectivity index (χ2n) is 7.95. The van der Waals surface area contributed by atoms with Crippen molar-refractivity contribution in [2.45, 2.75) is 45.6 Å². The molecule has 0 aliphatic heterocycles. The van der Waals surface area contributed by atoms with Crippen LogP contribution in [0.4, 0.5) is 0 Å². The van der Waals surface area contributed by atoms with Crippen LogP contribution in [0.5, 0.6) is 11.5 Å². The molecule has 0 bridgehead atoms. The average molecular weight is 454 g/mol. The zero-order valence-corrected chi connectivity index (χ0v) is 18.9. The van der Waals surface area contributed by atoms with E-state index in [9.17, 15) is 14.4 Å². The Kier molecular flexibility index (Phi) is 9.11. The molecule has 176 valence electrons. The Hall–Kier alpha value is -3.55. The summed E-state index contributed by atoms with van der Waals surface area (Å²) in [4.78, 5) is 36.3. The summed E-state index contributed by atoms with van der Waals surface area (Å²) in [5, 5.41) is 2.64. The van der Waals surface area contributed by atoms with Crippen molar-refractivity contribution in [3.05, 3.63) is 59.7 Å². The van der Waals surface area contributed by atoms with Crippen molar-refractivity contribution in [2.75, 3.05) is 13.2 Å². The molecule has 3 rings (SSSR count). The number of ether oxygens (including phenoxy) is 2. The van der Waals surface area contributed by atoms with E-state index in [1.807, 2.05) is 31.2 Å². The molecule has 0 heterocycles. The Bertz CT molecular complexity index is 922. The minimum absolute atomic E-state index is 0.0157. The van der Waals surface area contributed by atoms with Gasteiger partial charge in [-0.3, -0.25) is 25.2 Å². The first kappa shape index (κ1) is 24.1. The Morgan fingerprint density at radius 1 is 0.848 bits per heavy atom. The maximum Gasteiger partial charge on any atom is 0.269 e. The molecule has 8 nitrogen and oxygen atoms in total. The van der Waals surface area contributed by atoms with E-state index in [4.69, 9.17) is 9.47 Å². The predicted octanol–water partition coefficient (Wildman–Crippen LogP) is 3.12. The summed E-state index contributed by atoms with van der Waals surface area (Å²) in [7, 11) is 0. The number of hydrazine groups is 1. The second kappa shape index (κ2) is 12.5. The molecular formula is C25H31N3O5. The lowest BCUT2D eigenvalue weighted by molar-refractivity contribution is -0.129. The summed E-state index contributed by atoms with van der Waals surface area (Å²) in [6.07, 6.45) is 4.99. The van der Waals surface area contributed by atoms with Crippen LogP contribution in [0.1, 0.15) is 54.9 Å². The van der Waals surface area contributed by atoms with E-state index in [2.05, 4.69) is 16.2 Å². The third-order valence-corrected chi connectivity index (χ3v) is 5.47. The average Bonchev–Trinajstić information content (AvgIpc) is 2.86. The monoisotopic (exact) mass is 453 g/mol. The van der Waals surface area contributed by atoms with E-state index in [0.29, 0.717) is 18.8 Å². The molecule has 0 spiro atoms. The molecule has 0 unspecified atom stereocenters. The van der Waals surface area contributed by atoms with Crippen molar-refractivity contribution in [1.29, 1.82) is 0 Å². The molecule has 0 aromatic heterocycles. The van der Waals surface area contributed by atoms with E-state index < -0.39 is 11.8 Å². The minimum atomic E-state index is -0.479. The van der Waals surface area contributed by atoms with Gasteiger partial charge in [0.2, 0.25) is 5.91 Å². The second-order valence-corrected chi connectivity index (χ2v) is 7.95. The van der Waals surface area contributed by atoms with Crippen molar-refractivity contribution in [2.24, 2.45) is 5.92 Å². The number of amides is 3. The summed E-state index contributed by atoms with van der Waals surface area (Å²) < 4.78 is 11.2. The van der Waals surface area contributed by atoms with Gasteiger partial charge < -0.3 is 14.8 Å². The van der Waals surface area contributed by atoms with Gasteiger partial charge in [-0.05, 0) is 61.7 Å². The standard InChI is InChI=1S/C25H31N3O5/c1-2-32-21-12-14-22(15-13-21)33-17-18-8-10-20(11-9-18)25(31)28-27-23(29)16-26-24(30)19-6-4-3-5-7-19/h8-15,19H,2-7,16-17H2,1H3,(H,26,30)(H,27,29)(H,28,31). The first-order valence-electron chi connectivity index (χ1n) is 11.4. The van der Waals surface area contributed by atoms with Crippen LogP contribution in [0, 0.1) is 5.92 Å². The maximum absolute atomic E-state index is 12.3. The maximum atomic E-state index is 12.3. The molecule has 0 saturated heterocycles. The molecule has 0 radical (unpaired) electrons. The fraction of sp³-hybridized carbons (Fsp3) is 0.400. The third kappa shape index (κ3) is 7.82. The van der Waals surface area contributed by atoms with Crippen LogP contribution >= 0.6 is 0 Å². The fourth-order valence-corrected chi connectivity index (χ4v) is 3.64. The molecular weight excluding hydrogens is 422 g/mol. The van der Waals surface area contributed by atoms with Crippen molar-refractivity contribution in [1.82, 2.24) is 16.2 Å². The molecule has 3 amide bonds. The molecule has 33 heavy (non-hydrogen) atoms. The van der Waals surface area contributed by atoms with Crippen LogP contribution in [-0.2, 0) is 16.2 Å². The van der Waals surface area contributed by atoms with E-state index in [-0.39, 0.29) is 18.4 Å². The van der Waals surface area contributed by atoms with Gasteiger partial charge in [0.15, 0.2) is 0 Å². The Morgan fingerprint density at radius 2 is 1.48 bits per heavy atom. The van der Waals surface area contributed by atoms with Gasteiger partial charge in [-0.2, -0.15) is 0 Å². The lowest BCUT2D eigenvalue weighted by Crippen LogP contribution is -2.47. The lowest BCUT2D eigenvalue weighted by Gasteiger charge is -2.20. The van der Waals surface area contributed by atoms with Crippen molar-refractivity contribution in [3.63, 3.8) is 0 Å². The predicted molar refractivity (Wildman–Crippen MR) is 124 cm³/mol. The first-order chi connectivity index (χ1) is 16.0. The van der Waals surface area contributed by atoms with Gasteiger partial charge in [-0.25, -0.2) is 0 Å². The molecule has 2 aromatic rings.